The van der Waals surface area contributed by atoms with Crippen LogP contribution in [0.4, 0.5) is 5.82 Å². The van der Waals surface area contributed by atoms with Crippen LogP contribution in [0.3, 0.4) is 0 Å². The predicted molar refractivity (Wildman–Crippen MR) is 210 cm³/mol. The van der Waals surface area contributed by atoms with Gasteiger partial charge in [0.15, 0.2) is 5.90 Å². The molecule has 0 saturated carbocycles. The van der Waals surface area contributed by atoms with E-state index in [4.69, 9.17) is 23.8 Å². The quantitative estimate of drug-likeness (QED) is 0.0331. The fourth-order valence-electron chi connectivity index (χ4n) is 4.66. The van der Waals surface area contributed by atoms with Crippen LogP contribution in [0.2, 0.25) is 0 Å². The minimum atomic E-state index is -4.13. The van der Waals surface area contributed by atoms with Crippen LogP contribution >= 0.6 is 36.8 Å². The largest absolute Gasteiger partial charge is 0.383 e. The highest BCUT2D eigenvalue weighted by atomic mass is 33.1. The van der Waals surface area contributed by atoms with E-state index in [2.05, 4.69) is 16.9 Å². The maximum absolute atomic E-state index is 14.6. The second-order valence-electron chi connectivity index (χ2n) is 11.7. The molecule has 0 bridgehead atoms. The molecule has 0 saturated heterocycles. The number of carbonyl (C=O) groups is 1. The van der Waals surface area contributed by atoms with Gasteiger partial charge in [0.05, 0.1) is 33.0 Å². The summed E-state index contributed by atoms with van der Waals surface area (Å²) in [5.41, 5.74) is 9.73. The topological polar surface area (TPSA) is 143 Å². The number of carbonyl (C=O) groups excluding carboxylic acids is 1. The lowest BCUT2D eigenvalue weighted by atomic mass is 10.2. The first-order chi connectivity index (χ1) is 25.1. The minimum Gasteiger partial charge on any atom is -0.383 e. The van der Waals surface area contributed by atoms with Gasteiger partial charge in [0.25, 0.3) is 0 Å². The summed E-state index contributed by atoms with van der Waals surface area (Å²) in [6, 6.07) is 27.8. The summed E-state index contributed by atoms with van der Waals surface area (Å²) >= 11 is 0. The smallest absolute Gasteiger partial charge is 0.343 e. The van der Waals surface area contributed by atoms with Gasteiger partial charge in [-0.1, -0.05) is 120 Å². The Labute approximate surface area is 314 Å². The van der Waals surface area contributed by atoms with Gasteiger partial charge in [-0.3, -0.25) is 13.9 Å². The third-order valence-electron chi connectivity index (χ3n) is 7.54. The van der Waals surface area contributed by atoms with Crippen molar-refractivity contribution in [2.45, 2.75) is 60.0 Å². The minimum absolute atomic E-state index is 0.0268. The first-order valence-electron chi connectivity index (χ1n) is 16.8. The number of hydrogen-bond acceptors (Lipinski definition) is 12. The molecule has 0 aliphatic heterocycles. The highest BCUT2D eigenvalue weighted by Crippen LogP contribution is 2.65. The molecule has 4 rings (SSSR count). The lowest BCUT2D eigenvalue weighted by Crippen LogP contribution is -2.22. The Hall–Kier alpha value is -3.25. The molecule has 1 heterocycles. The van der Waals surface area contributed by atoms with Gasteiger partial charge >= 0.3 is 15.2 Å². The second-order valence-corrected chi connectivity index (χ2v) is 18.8. The van der Waals surface area contributed by atoms with Crippen molar-refractivity contribution >= 4 is 49.0 Å². The highest BCUT2D eigenvalue weighted by Gasteiger charge is 2.39. The molecule has 3 aromatic carbocycles. The molecule has 0 aliphatic rings. The van der Waals surface area contributed by atoms with Crippen molar-refractivity contribution in [3.63, 3.8) is 0 Å². The number of allylic oxidation sites excluding steroid dienone is 1. The molecule has 1 aromatic heterocycles. The number of amides is 1. The standard InChI is InChI=1S/C37H46N4O7P2S2/c1-4-22-51-52-36(30(2)41(28-42)24-35-23-39-31(3)40-37(35)38)20-21-45-49(43,46-25-32-14-8-5-9-15-32)29-50(44,47-26-33-16-10-6-11-17-33)48-27-34-18-12-7-13-19-34/h5-19,23,28H,4,20-22,24-27,29H2,1-3H3,(H2,38,39,40)/b36-30-. The lowest BCUT2D eigenvalue weighted by Gasteiger charge is -2.25. The number of rotatable bonds is 23. The van der Waals surface area contributed by atoms with Crippen molar-refractivity contribution < 1.29 is 32.0 Å². The van der Waals surface area contributed by atoms with Crippen LogP contribution in [-0.4, -0.2) is 39.5 Å². The summed E-state index contributed by atoms with van der Waals surface area (Å²) in [7, 11) is -5.05. The van der Waals surface area contributed by atoms with Crippen molar-refractivity contribution in [1.29, 1.82) is 0 Å². The van der Waals surface area contributed by atoms with Gasteiger partial charge in [-0.05, 0) is 37.0 Å². The van der Waals surface area contributed by atoms with E-state index >= 15 is 0 Å². The molecule has 1 atom stereocenters. The Morgan fingerprint density at radius 1 is 0.827 bits per heavy atom. The van der Waals surface area contributed by atoms with Crippen molar-refractivity contribution in [2.24, 2.45) is 0 Å². The van der Waals surface area contributed by atoms with E-state index in [1.54, 1.807) is 23.9 Å². The summed E-state index contributed by atoms with van der Waals surface area (Å²) < 4.78 is 53.1. The first-order valence-corrected chi connectivity index (χ1v) is 22.6. The molecule has 0 fully saturated rings. The average Bonchev–Trinajstić information content (AvgIpc) is 3.16. The lowest BCUT2D eigenvalue weighted by molar-refractivity contribution is -0.116. The maximum Gasteiger partial charge on any atom is 0.343 e. The summed E-state index contributed by atoms with van der Waals surface area (Å²) in [4.78, 5) is 23.2. The maximum atomic E-state index is 14.6. The van der Waals surface area contributed by atoms with Crippen LogP contribution in [0.1, 0.15) is 54.8 Å². The molecular weight excluding hydrogens is 739 g/mol. The fourth-order valence-corrected chi connectivity index (χ4v) is 11.8. The molecule has 278 valence electrons. The molecule has 1 unspecified atom stereocenters. The van der Waals surface area contributed by atoms with E-state index in [1.807, 2.05) is 97.9 Å². The number of nitrogens with two attached hydrogens (primary N) is 1. The zero-order valence-corrected chi connectivity index (χ0v) is 33.1. The molecule has 11 nitrogen and oxygen atoms in total. The van der Waals surface area contributed by atoms with Gasteiger partial charge in [0, 0.05) is 34.5 Å². The second kappa shape index (κ2) is 21.5. The van der Waals surface area contributed by atoms with Gasteiger partial charge in [0.2, 0.25) is 6.41 Å². The SMILES string of the molecule is CCCSS/C(CCOP(=O)(CP(=O)(OCc1ccccc1)OCc1ccccc1)OCc1ccccc1)=C(/C)N(C=O)Cc1cnc(C)nc1N. The number of anilines is 1. The van der Waals surface area contributed by atoms with Gasteiger partial charge in [0.1, 0.15) is 11.6 Å². The molecule has 52 heavy (non-hydrogen) atoms. The van der Waals surface area contributed by atoms with Crippen LogP contribution in [0.5, 0.6) is 0 Å². The van der Waals surface area contributed by atoms with Crippen molar-refractivity contribution in [3.8, 4) is 0 Å². The monoisotopic (exact) mass is 784 g/mol. The van der Waals surface area contributed by atoms with E-state index in [0.717, 1.165) is 40.2 Å². The molecule has 0 radical (unpaired) electrons. The number of nitrogens with zero attached hydrogens (tertiary/aromatic N) is 3. The van der Waals surface area contributed by atoms with Gasteiger partial charge in [-0.15, -0.1) is 0 Å². The zero-order valence-electron chi connectivity index (χ0n) is 29.7. The molecule has 4 aromatic rings. The Kier molecular flexibility index (Phi) is 17.1. The van der Waals surface area contributed by atoms with Crippen LogP contribution in [0, 0.1) is 6.92 Å². The van der Waals surface area contributed by atoms with Crippen LogP contribution in [-0.2, 0) is 58.4 Å². The molecule has 0 aliphatic carbocycles. The van der Waals surface area contributed by atoms with E-state index in [0.29, 0.717) is 22.9 Å². The zero-order chi connectivity index (χ0) is 37.2. The third-order valence-corrected chi connectivity index (χ3v) is 15.3. The van der Waals surface area contributed by atoms with Gasteiger partial charge in [-0.2, -0.15) is 0 Å². The molecule has 1 amide bonds. The molecular formula is C37H46N4O7P2S2. The Bertz CT molecular complexity index is 1780. The molecule has 15 heteroatoms. The summed E-state index contributed by atoms with van der Waals surface area (Å²) in [6.45, 7) is 5.68. The number of aromatic nitrogens is 2. The van der Waals surface area contributed by atoms with Gasteiger partial charge < -0.3 is 28.7 Å². The molecule has 2 N–H and O–H groups in total. The predicted octanol–water partition coefficient (Wildman–Crippen LogP) is 9.75. The van der Waals surface area contributed by atoms with Crippen LogP contribution in [0.15, 0.2) is 108 Å². The number of aryl methyl sites for hydroxylation is 1. The van der Waals surface area contributed by atoms with E-state index in [-0.39, 0.29) is 39.4 Å². The Morgan fingerprint density at radius 2 is 1.33 bits per heavy atom. The van der Waals surface area contributed by atoms with Crippen molar-refractivity contribution in [3.05, 3.63) is 136 Å². The first kappa shape index (κ1) is 41.5. The number of benzene rings is 3. The van der Waals surface area contributed by atoms with Crippen LogP contribution < -0.4 is 5.73 Å². The van der Waals surface area contributed by atoms with E-state index in [1.165, 1.54) is 15.7 Å². The Morgan fingerprint density at radius 3 is 1.79 bits per heavy atom. The van der Waals surface area contributed by atoms with Crippen LogP contribution in [0.25, 0.3) is 0 Å². The third kappa shape index (κ3) is 14.0. The van der Waals surface area contributed by atoms with E-state index in [9.17, 15) is 13.9 Å². The number of nitrogen functional groups attached to an aromatic ring is 1. The summed E-state index contributed by atoms with van der Waals surface area (Å²) in [5.74, 6) is 1.11. The summed E-state index contributed by atoms with van der Waals surface area (Å²) in [5, 5.41) is 0. The van der Waals surface area contributed by atoms with Crippen molar-refractivity contribution in [2.75, 3.05) is 24.0 Å². The fraction of sp³-hybridized carbons (Fsp3) is 0.324. The van der Waals surface area contributed by atoms with E-state index < -0.39 is 21.1 Å². The normalized spacial score (nSPS) is 13.3. The average molecular weight is 785 g/mol. The molecule has 0 spiro atoms. The highest BCUT2D eigenvalue weighted by molar-refractivity contribution is 8.78. The Balaban J connectivity index is 1.58. The number of hydrogen-bond donors (Lipinski definition) is 1. The van der Waals surface area contributed by atoms with Crippen molar-refractivity contribution in [1.82, 2.24) is 14.9 Å². The van der Waals surface area contributed by atoms with Gasteiger partial charge in [-0.25, -0.2) is 9.97 Å². The summed E-state index contributed by atoms with van der Waals surface area (Å²) in [6.07, 6.45) is 3.59.